The molecule has 132 valence electrons. The molecule has 1 aliphatic carbocycles. The summed E-state index contributed by atoms with van der Waals surface area (Å²) < 4.78 is 1.86. The molecule has 0 aliphatic heterocycles. The zero-order chi connectivity index (χ0) is 17.9. The molecule has 1 aromatic carbocycles. The van der Waals surface area contributed by atoms with Crippen LogP contribution in [-0.2, 0) is 13.0 Å². The SMILES string of the molecule is Cc1ncc2c(n1)CCC[C@@H]2NC(=O)c1ccc(Cn2cccn2)cc1. The van der Waals surface area contributed by atoms with E-state index in [-0.39, 0.29) is 11.9 Å². The Morgan fingerprint density at radius 3 is 2.92 bits per heavy atom. The van der Waals surface area contributed by atoms with Gasteiger partial charge in [-0.25, -0.2) is 9.97 Å². The third-order valence-corrected chi connectivity index (χ3v) is 4.73. The van der Waals surface area contributed by atoms with Gasteiger partial charge in [0.15, 0.2) is 0 Å². The number of hydrogen-bond donors (Lipinski definition) is 1. The third kappa shape index (κ3) is 3.49. The highest BCUT2D eigenvalue weighted by Gasteiger charge is 2.23. The standard InChI is InChI=1S/C20H21N5O/c1-14-21-12-17-18(23-14)4-2-5-19(17)24-20(26)16-8-6-15(7-9-16)13-25-11-3-10-22-25/h3,6-12,19H,2,4-5,13H2,1H3,(H,24,26)/t19-/m0/s1. The first kappa shape index (κ1) is 16.4. The first-order valence-corrected chi connectivity index (χ1v) is 8.89. The monoisotopic (exact) mass is 347 g/mol. The largest absolute Gasteiger partial charge is 0.345 e. The van der Waals surface area contributed by atoms with Crippen LogP contribution in [0.3, 0.4) is 0 Å². The Morgan fingerprint density at radius 2 is 2.15 bits per heavy atom. The fraction of sp³-hybridized carbons (Fsp3) is 0.300. The van der Waals surface area contributed by atoms with Crippen LogP contribution in [0.2, 0.25) is 0 Å². The minimum Gasteiger partial charge on any atom is -0.345 e. The molecule has 0 fully saturated rings. The summed E-state index contributed by atoms with van der Waals surface area (Å²) in [4.78, 5) is 21.5. The Kier molecular flexibility index (Phi) is 4.48. The first-order valence-electron chi connectivity index (χ1n) is 8.89. The zero-order valence-electron chi connectivity index (χ0n) is 14.7. The van der Waals surface area contributed by atoms with Gasteiger partial charge in [0.05, 0.1) is 12.6 Å². The Morgan fingerprint density at radius 1 is 1.31 bits per heavy atom. The van der Waals surface area contributed by atoms with Crippen molar-refractivity contribution in [3.05, 3.63) is 77.1 Å². The van der Waals surface area contributed by atoms with E-state index in [0.717, 1.165) is 41.9 Å². The second kappa shape index (κ2) is 7.07. The molecular weight excluding hydrogens is 326 g/mol. The van der Waals surface area contributed by atoms with Crippen LogP contribution in [-0.4, -0.2) is 25.7 Å². The highest BCUT2D eigenvalue weighted by Crippen LogP contribution is 2.28. The van der Waals surface area contributed by atoms with Gasteiger partial charge in [-0.3, -0.25) is 9.48 Å². The first-order chi connectivity index (χ1) is 12.7. The van der Waals surface area contributed by atoms with Crippen molar-refractivity contribution in [1.82, 2.24) is 25.1 Å². The van der Waals surface area contributed by atoms with Crippen molar-refractivity contribution in [2.45, 2.75) is 38.8 Å². The second-order valence-electron chi connectivity index (χ2n) is 6.64. The van der Waals surface area contributed by atoms with Gasteiger partial charge in [0.1, 0.15) is 5.82 Å². The second-order valence-corrected chi connectivity index (χ2v) is 6.64. The molecule has 0 saturated carbocycles. The van der Waals surface area contributed by atoms with Gasteiger partial charge in [0.25, 0.3) is 5.91 Å². The number of carbonyl (C=O) groups is 1. The Balaban J connectivity index is 1.45. The minimum atomic E-state index is -0.0611. The average Bonchev–Trinajstić information content (AvgIpc) is 3.15. The van der Waals surface area contributed by atoms with E-state index in [0.29, 0.717) is 12.1 Å². The molecule has 1 N–H and O–H groups in total. The Bertz CT molecular complexity index is 902. The Hall–Kier alpha value is -3.02. The van der Waals surface area contributed by atoms with Gasteiger partial charge in [-0.1, -0.05) is 12.1 Å². The molecule has 1 atom stereocenters. The topological polar surface area (TPSA) is 72.7 Å². The maximum absolute atomic E-state index is 12.6. The van der Waals surface area contributed by atoms with E-state index < -0.39 is 0 Å². The van der Waals surface area contributed by atoms with Crippen LogP contribution in [0, 0.1) is 6.92 Å². The van der Waals surface area contributed by atoms with E-state index in [1.165, 1.54) is 0 Å². The van der Waals surface area contributed by atoms with Gasteiger partial charge in [-0.05, 0) is 49.9 Å². The zero-order valence-corrected chi connectivity index (χ0v) is 14.7. The molecule has 6 nitrogen and oxygen atoms in total. The molecule has 0 spiro atoms. The smallest absolute Gasteiger partial charge is 0.251 e. The molecule has 2 heterocycles. The summed E-state index contributed by atoms with van der Waals surface area (Å²) in [6.45, 7) is 2.59. The lowest BCUT2D eigenvalue weighted by Crippen LogP contribution is -2.31. The molecule has 0 bridgehead atoms. The van der Waals surface area contributed by atoms with E-state index in [4.69, 9.17) is 0 Å². The highest BCUT2D eigenvalue weighted by atomic mass is 16.1. The number of aryl methyl sites for hydroxylation is 2. The summed E-state index contributed by atoms with van der Waals surface area (Å²) in [5.41, 5.74) is 3.88. The summed E-state index contributed by atoms with van der Waals surface area (Å²) in [5, 5.41) is 7.34. The molecule has 2 aromatic heterocycles. The maximum Gasteiger partial charge on any atom is 0.251 e. The lowest BCUT2D eigenvalue weighted by Gasteiger charge is -2.25. The number of amides is 1. The van der Waals surface area contributed by atoms with Crippen LogP contribution >= 0.6 is 0 Å². The van der Waals surface area contributed by atoms with Crippen molar-refractivity contribution in [3.8, 4) is 0 Å². The number of hydrogen-bond acceptors (Lipinski definition) is 4. The number of nitrogens with zero attached hydrogens (tertiary/aromatic N) is 4. The molecular formula is C20H21N5O. The normalized spacial score (nSPS) is 16.1. The van der Waals surface area contributed by atoms with Crippen LogP contribution in [0.1, 0.15) is 51.9 Å². The summed E-state index contributed by atoms with van der Waals surface area (Å²) in [7, 11) is 0. The Labute approximate surface area is 152 Å². The number of rotatable bonds is 4. The molecule has 26 heavy (non-hydrogen) atoms. The quantitative estimate of drug-likeness (QED) is 0.788. The molecule has 3 aromatic rings. The molecule has 0 radical (unpaired) electrons. The third-order valence-electron chi connectivity index (χ3n) is 4.73. The molecule has 0 unspecified atom stereocenters. The van der Waals surface area contributed by atoms with Gasteiger partial charge >= 0.3 is 0 Å². The van der Waals surface area contributed by atoms with E-state index >= 15 is 0 Å². The van der Waals surface area contributed by atoms with Gasteiger partial charge in [-0.2, -0.15) is 5.10 Å². The van der Waals surface area contributed by atoms with Crippen molar-refractivity contribution in [1.29, 1.82) is 0 Å². The number of nitrogens with one attached hydrogen (secondary N) is 1. The van der Waals surface area contributed by atoms with Crippen LogP contribution in [0.4, 0.5) is 0 Å². The van der Waals surface area contributed by atoms with E-state index in [2.05, 4.69) is 20.4 Å². The van der Waals surface area contributed by atoms with Crippen LogP contribution < -0.4 is 5.32 Å². The molecule has 4 rings (SSSR count). The summed E-state index contributed by atoms with van der Waals surface area (Å²) in [5.74, 6) is 0.720. The van der Waals surface area contributed by atoms with Crippen molar-refractivity contribution in [3.63, 3.8) is 0 Å². The van der Waals surface area contributed by atoms with Crippen LogP contribution in [0.15, 0.2) is 48.9 Å². The van der Waals surface area contributed by atoms with Crippen LogP contribution in [0.25, 0.3) is 0 Å². The lowest BCUT2D eigenvalue weighted by molar-refractivity contribution is 0.0932. The van der Waals surface area contributed by atoms with E-state index in [9.17, 15) is 4.79 Å². The van der Waals surface area contributed by atoms with Gasteiger partial charge in [0.2, 0.25) is 0 Å². The maximum atomic E-state index is 12.6. The van der Waals surface area contributed by atoms with Gasteiger partial charge in [-0.15, -0.1) is 0 Å². The number of carbonyl (C=O) groups excluding carboxylic acids is 1. The fourth-order valence-corrected chi connectivity index (χ4v) is 3.38. The van der Waals surface area contributed by atoms with Crippen molar-refractivity contribution >= 4 is 5.91 Å². The van der Waals surface area contributed by atoms with Crippen molar-refractivity contribution in [2.75, 3.05) is 0 Å². The van der Waals surface area contributed by atoms with Crippen molar-refractivity contribution in [2.24, 2.45) is 0 Å². The van der Waals surface area contributed by atoms with Crippen molar-refractivity contribution < 1.29 is 4.79 Å². The molecule has 1 aliphatic rings. The number of fused-ring (bicyclic) bond motifs is 1. The van der Waals surface area contributed by atoms with Crippen LogP contribution in [0.5, 0.6) is 0 Å². The van der Waals surface area contributed by atoms with E-state index in [1.807, 2.05) is 54.3 Å². The molecule has 0 saturated heterocycles. The summed E-state index contributed by atoms with van der Waals surface area (Å²) in [6, 6.07) is 9.55. The predicted octanol–water partition coefficient (Wildman–Crippen LogP) is 2.84. The van der Waals surface area contributed by atoms with Gasteiger partial charge < -0.3 is 5.32 Å². The molecule has 6 heteroatoms. The summed E-state index contributed by atoms with van der Waals surface area (Å²) in [6.07, 6.45) is 8.43. The lowest BCUT2D eigenvalue weighted by atomic mass is 9.92. The predicted molar refractivity (Wildman–Crippen MR) is 97.7 cm³/mol. The van der Waals surface area contributed by atoms with E-state index in [1.54, 1.807) is 6.20 Å². The van der Waals surface area contributed by atoms with Gasteiger partial charge in [0, 0.05) is 35.4 Å². The minimum absolute atomic E-state index is 0.0180. The number of benzene rings is 1. The molecule has 1 amide bonds. The average molecular weight is 347 g/mol. The fourth-order valence-electron chi connectivity index (χ4n) is 3.38. The number of aromatic nitrogens is 4. The highest BCUT2D eigenvalue weighted by molar-refractivity contribution is 5.94. The summed E-state index contributed by atoms with van der Waals surface area (Å²) >= 11 is 0.